The topological polar surface area (TPSA) is 84.9 Å². The lowest BCUT2D eigenvalue weighted by molar-refractivity contribution is -0.137. The Morgan fingerprint density at radius 3 is 2.38 bits per heavy atom. The summed E-state index contributed by atoms with van der Waals surface area (Å²) in [4.78, 5) is 22.7. The number of amides is 1. The molecule has 1 aromatic carbocycles. The summed E-state index contributed by atoms with van der Waals surface area (Å²) in [5.41, 5.74) is 0.402. The van der Waals surface area contributed by atoms with Crippen LogP contribution in [0.1, 0.15) is 37.6 Å². The molecule has 1 rings (SSSR count). The molecule has 1 atom stereocenters. The van der Waals surface area contributed by atoms with Crippen LogP contribution in [0.25, 0.3) is 0 Å². The van der Waals surface area contributed by atoms with E-state index in [-0.39, 0.29) is 12.3 Å². The third-order valence-corrected chi connectivity index (χ3v) is 2.66. The van der Waals surface area contributed by atoms with Gasteiger partial charge in [-0.1, -0.05) is 0 Å². The Labute approximate surface area is 124 Å². The van der Waals surface area contributed by atoms with E-state index in [4.69, 9.17) is 14.6 Å². The fraction of sp³-hybridized carbons (Fsp3) is 0.467. The quantitative estimate of drug-likeness (QED) is 0.767. The molecule has 0 fully saturated rings. The lowest BCUT2D eigenvalue weighted by Gasteiger charge is -2.14. The molecule has 1 amide bonds. The molecular formula is C15H21NO5. The summed E-state index contributed by atoms with van der Waals surface area (Å²) in [6.07, 6.45) is -0.124. The number of hydrogen-bond donors (Lipinski definition) is 2. The average molecular weight is 295 g/mol. The van der Waals surface area contributed by atoms with E-state index in [9.17, 15) is 9.59 Å². The summed E-state index contributed by atoms with van der Waals surface area (Å²) in [5.74, 6) is -0.218. The molecule has 0 radical (unpaired) electrons. The zero-order valence-corrected chi connectivity index (χ0v) is 12.5. The normalized spacial score (nSPS) is 11.6. The van der Waals surface area contributed by atoms with E-state index >= 15 is 0 Å². The van der Waals surface area contributed by atoms with Gasteiger partial charge in [0.1, 0.15) is 0 Å². The minimum Gasteiger partial charge on any atom is -0.490 e. The van der Waals surface area contributed by atoms with Crippen molar-refractivity contribution < 1.29 is 24.2 Å². The van der Waals surface area contributed by atoms with Crippen molar-refractivity contribution in [1.29, 1.82) is 0 Å². The fourth-order valence-corrected chi connectivity index (χ4v) is 1.81. The van der Waals surface area contributed by atoms with Gasteiger partial charge in [0.05, 0.1) is 19.6 Å². The van der Waals surface area contributed by atoms with Gasteiger partial charge in [-0.2, -0.15) is 0 Å². The summed E-state index contributed by atoms with van der Waals surface area (Å²) in [6.45, 7) is 6.31. The Kier molecular flexibility index (Phi) is 6.52. The molecule has 1 unspecified atom stereocenters. The molecule has 0 aliphatic carbocycles. The second-order valence-electron chi connectivity index (χ2n) is 4.50. The standard InChI is InChI=1S/C15H21NO5/c1-4-20-12-7-6-11(9-13(12)21-5-2)15(19)16-10(3)8-14(17)18/h6-7,9-10H,4-5,8H2,1-3H3,(H,16,19)(H,17,18). The predicted octanol–water partition coefficient (Wildman–Crippen LogP) is 2.08. The molecule has 6 heteroatoms. The molecule has 0 spiro atoms. The lowest BCUT2D eigenvalue weighted by Crippen LogP contribution is -2.34. The van der Waals surface area contributed by atoms with Crippen molar-refractivity contribution in [2.24, 2.45) is 0 Å². The lowest BCUT2D eigenvalue weighted by atomic mass is 10.1. The number of ether oxygens (including phenoxy) is 2. The van der Waals surface area contributed by atoms with Gasteiger partial charge >= 0.3 is 5.97 Å². The predicted molar refractivity (Wildman–Crippen MR) is 78.0 cm³/mol. The van der Waals surface area contributed by atoms with E-state index in [0.717, 1.165) is 0 Å². The highest BCUT2D eigenvalue weighted by Crippen LogP contribution is 2.28. The van der Waals surface area contributed by atoms with Gasteiger partial charge in [0.15, 0.2) is 11.5 Å². The highest BCUT2D eigenvalue weighted by atomic mass is 16.5. The van der Waals surface area contributed by atoms with Crippen LogP contribution in [0.4, 0.5) is 0 Å². The van der Waals surface area contributed by atoms with Crippen molar-refractivity contribution in [2.45, 2.75) is 33.2 Å². The third-order valence-electron chi connectivity index (χ3n) is 2.66. The molecule has 0 saturated carbocycles. The van der Waals surface area contributed by atoms with Gasteiger partial charge in [0, 0.05) is 11.6 Å². The number of carbonyl (C=O) groups is 2. The SMILES string of the molecule is CCOc1ccc(C(=O)NC(C)CC(=O)O)cc1OCC. The van der Waals surface area contributed by atoms with Crippen LogP contribution < -0.4 is 14.8 Å². The van der Waals surface area contributed by atoms with Crippen molar-refractivity contribution in [2.75, 3.05) is 13.2 Å². The first kappa shape index (κ1) is 16.8. The molecule has 0 heterocycles. The minimum absolute atomic E-state index is 0.124. The third kappa shape index (κ3) is 5.33. The van der Waals surface area contributed by atoms with Gasteiger partial charge in [-0.3, -0.25) is 9.59 Å². The van der Waals surface area contributed by atoms with Crippen LogP contribution in [0.3, 0.4) is 0 Å². The maximum Gasteiger partial charge on any atom is 0.305 e. The van der Waals surface area contributed by atoms with Crippen molar-refractivity contribution in [3.8, 4) is 11.5 Å². The van der Waals surface area contributed by atoms with Crippen LogP contribution in [0, 0.1) is 0 Å². The number of carbonyl (C=O) groups excluding carboxylic acids is 1. The first-order valence-corrected chi connectivity index (χ1v) is 6.90. The smallest absolute Gasteiger partial charge is 0.305 e. The molecule has 1 aromatic rings. The van der Waals surface area contributed by atoms with Crippen LogP contribution in [0.2, 0.25) is 0 Å². The van der Waals surface area contributed by atoms with Crippen molar-refractivity contribution in [1.82, 2.24) is 5.32 Å². The molecule has 21 heavy (non-hydrogen) atoms. The Bertz CT molecular complexity index is 501. The average Bonchev–Trinajstić information content (AvgIpc) is 2.40. The van der Waals surface area contributed by atoms with Gasteiger partial charge in [0.2, 0.25) is 0 Å². The largest absolute Gasteiger partial charge is 0.490 e. The number of carboxylic acid groups (broad SMARTS) is 1. The Morgan fingerprint density at radius 2 is 1.81 bits per heavy atom. The van der Waals surface area contributed by atoms with Crippen molar-refractivity contribution in [3.05, 3.63) is 23.8 Å². The van der Waals surface area contributed by atoms with E-state index in [1.165, 1.54) is 0 Å². The Morgan fingerprint density at radius 1 is 1.19 bits per heavy atom. The molecule has 2 N–H and O–H groups in total. The summed E-state index contributed by atoms with van der Waals surface area (Å²) in [6, 6.07) is 4.44. The first-order chi connectivity index (χ1) is 9.97. The summed E-state index contributed by atoms with van der Waals surface area (Å²) >= 11 is 0. The van der Waals surface area contributed by atoms with E-state index < -0.39 is 12.0 Å². The van der Waals surface area contributed by atoms with Crippen LogP contribution in [0.5, 0.6) is 11.5 Å². The minimum atomic E-state index is -0.954. The van der Waals surface area contributed by atoms with Crippen LogP contribution in [-0.4, -0.2) is 36.2 Å². The van der Waals surface area contributed by atoms with Crippen LogP contribution in [-0.2, 0) is 4.79 Å². The van der Waals surface area contributed by atoms with Crippen molar-refractivity contribution >= 4 is 11.9 Å². The molecule has 0 aliphatic heterocycles. The summed E-state index contributed by atoms with van der Waals surface area (Å²) < 4.78 is 10.9. The van der Waals surface area contributed by atoms with E-state index in [2.05, 4.69) is 5.32 Å². The van der Waals surface area contributed by atoms with Crippen LogP contribution in [0.15, 0.2) is 18.2 Å². The van der Waals surface area contributed by atoms with Gasteiger partial charge < -0.3 is 19.9 Å². The zero-order chi connectivity index (χ0) is 15.8. The summed E-state index contributed by atoms with van der Waals surface area (Å²) in [5, 5.41) is 11.3. The van der Waals surface area contributed by atoms with Crippen LogP contribution >= 0.6 is 0 Å². The van der Waals surface area contributed by atoms with E-state index in [1.807, 2.05) is 13.8 Å². The Balaban J connectivity index is 2.84. The second-order valence-corrected chi connectivity index (χ2v) is 4.50. The van der Waals surface area contributed by atoms with Gasteiger partial charge in [-0.25, -0.2) is 0 Å². The number of hydrogen-bond acceptors (Lipinski definition) is 4. The number of rotatable bonds is 8. The van der Waals surface area contributed by atoms with Gasteiger partial charge in [-0.15, -0.1) is 0 Å². The number of aliphatic carboxylic acids is 1. The fourth-order valence-electron chi connectivity index (χ4n) is 1.81. The Hall–Kier alpha value is -2.24. The molecule has 0 aliphatic rings. The highest BCUT2D eigenvalue weighted by Gasteiger charge is 2.15. The molecule has 0 bridgehead atoms. The zero-order valence-electron chi connectivity index (χ0n) is 12.5. The maximum absolute atomic E-state index is 12.1. The monoisotopic (exact) mass is 295 g/mol. The van der Waals surface area contributed by atoms with Crippen molar-refractivity contribution in [3.63, 3.8) is 0 Å². The first-order valence-electron chi connectivity index (χ1n) is 6.90. The number of carboxylic acids is 1. The molecule has 116 valence electrons. The maximum atomic E-state index is 12.1. The number of benzene rings is 1. The number of nitrogens with one attached hydrogen (secondary N) is 1. The molecule has 0 aromatic heterocycles. The van der Waals surface area contributed by atoms with E-state index in [1.54, 1.807) is 25.1 Å². The second kappa shape index (κ2) is 8.14. The highest BCUT2D eigenvalue weighted by molar-refractivity contribution is 5.95. The van der Waals surface area contributed by atoms with E-state index in [0.29, 0.717) is 30.3 Å². The molecule has 6 nitrogen and oxygen atoms in total. The van der Waals surface area contributed by atoms with Gasteiger partial charge in [0.25, 0.3) is 5.91 Å². The summed E-state index contributed by atoms with van der Waals surface area (Å²) in [7, 11) is 0. The molecule has 0 saturated heterocycles. The van der Waals surface area contributed by atoms with Gasteiger partial charge in [-0.05, 0) is 39.0 Å². The molecular weight excluding hydrogens is 274 g/mol.